The molecule has 0 aromatic rings. The van der Waals surface area contributed by atoms with Gasteiger partial charge in [0.25, 0.3) is 5.92 Å². The largest absolute Gasteiger partial charge is 0.330 e. The lowest BCUT2D eigenvalue weighted by Gasteiger charge is -2.38. The second-order valence-corrected chi connectivity index (χ2v) is 2.80. The Morgan fingerprint density at radius 2 is 2.10 bits per heavy atom. The van der Waals surface area contributed by atoms with E-state index in [1.807, 2.05) is 0 Å². The maximum absolute atomic E-state index is 12.1. The molecule has 0 radical (unpaired) electrons. The Morgan fingerprint density at radius 3 is 2.40 bits per heavy atom. The quantitative estimate of drug-likeness (QED) is 0.592. The zero-order valence-electron chi connectivity index (χ0n) is 5.11. The van der Waals surface area contributed by atoms with Crippen LogP contribution in [-0.2, 0) is 4.79 Å². The van der Waals surface area contributed by atoms with Gasteiger partial charge in [-0.1, -0.05) is 15.9 Å². The molecule has 1 aliphatic heterocycles. The van der Waals surface area contributed by atoms with Crippen LogP contribution in [0.1, 0.15) is 0 Å². The van der Waals surface area contributed by atoms with Gasteiger partial charge in [0.2, 0.25) is 5.91 Å². The Kier molecular flexibility index (Phi) is 1.94. The number of nitrogens with zero attached hydrogens (tertiary/aromatic N) is 1. The van der Waals surface area contributed by atoms with Crippen molar-refractivity contribution >= 4 is 21.8 Å². The number of rotatable bonds is 1. The van der Waals surface area contributed by atoms with Crippen molar-refractivity contribution in [3.8, 4) is 0 Å². The molecule has 10 heavy (non-hydrogen) atoms. The van der Waals surface area contributed by atoms with Gasteiger partial charge in [0.15, 0.2) is 0 Å². The van der Waals surface area contributed by atoms with Crippen LogP contribution in [0.15, 0.2) is 0 Å². The summed E-state index contributed by atoms with van der Waals surface area (Å²) in [5.41, 5.74) is 0. The van der Waals surface area contributed by atoms with Crippen LogP contribution in [0.25, 0.3) is 0 Å². The fraction of sp³-hybridized carbons (Fsp3) is 0.800. The van der Waals surface area contributed by atoms with Gasteiger partial charge in [-0.25, -0.2) is 8.78 Å². The summed E-state index contributed by atoms with van der Waals surface area (Å²) in [5.74, 6) is -2.91. The van der Waals surface area contributed by atoms with E-state index in [0.717, 1.165) is 4.90 Å². The number of halogens is 3. The smallest absolute Gasteiger partial charge is 0.282 e. The van der Waals surface area contributed by atoms with Gasteiger partial charge in [-0.15, -0.1) is 0 Å². The molecule has 1 heterocycles. The van der Waals surface area contributed by atoms with E-state index >= 15 is 0 Å². The summed E-state index contributed by atoms with van der Waals surface area (Å²) in [6.07, 6.45) is 0. The monoisotopic (exact) mass is 213 g/mol. The molecule has 1 aliphatic rings. The van der Waals surface area contributed by atoms with Crippen molar-refractivity contribution in [2.75, 3.05) is 18.4 Å². The average Bonchev–Trinajstić information content (AvgIpc) is 1.81. The van der Waals surface area contributed by atoms with E-state index in [9.17, 15) is 13.6 Å². The van der Waals surface area contributed by atoms with Crippen molar-refractivity contribution in [3.63, 3.8) is 0 Å². The first-order chi connectivity index (χ1) is 4.55. The molecule has 0 aliphatic carbocycles. The van der Waals surface area contributed by atoms with E-state index in [2.05, 4.69) is 15.9 Å². The highest BCUT2D eigenvalue weighted by molar-refractivity contribution is 9.09. The zero-order valence-corrected chi connectivity index (χ0v) is 6.70. The lowest BCUT2D eigenvalue weighted by atomic mass is 10.1. The number of carbonyl (C=O) groups is 1. The van der Waals surface area contributed by atoms with Crippen LogP contribution in [-0.4, -0.2) is 35.1 Å². The molecule has 1 saturated heterocycles. The first-order valence-corrected chi connectivity index (χ1v) is 3.89. The van der Waals surface area contributed by atoms with Crippen LogP contribution < -0.4 is 0 Å². The molecule has 2 nitrogen and oxygen atoms in total. The van der Waals surface area contributed by atoms with Crippen LogP contribution in [0.4, 0.5) is 8.78 Å². The summed E-state index contributed by atoms with van der Waals surface area (Å²) < 4.78 is 24.2. The first kappa shape index (κ1) is 7.91. The van der Waals surface area contributed by atoms with Gasteiger partial charge in [0.05, 0.1) is 18.4 Å². The average molecular weight is 214 g/mol. The molecule has 0 aromatic heterocycles. The minimum atomic E-state index is -2.64. The van der Waals surface area contributed by atoms with E-state index in [1.54, 1.807) is 0 Å². The molecule has 0 bridgehead atoms. The zero-order chi connectivity index (χ0) is 7.78. The van der Waals surface area contributed by atoms with Gasteiger partial charge in [-0.3, -0.25) is 4.79 Å². The van der Waals surface area contributed by atoms with E-state index in [0.29, 0.717) is 0 Å². The molecule has 1 fully saturated rings. The van der Waals surface area contributed by atoms with Gasteiger partial charge < -0.3 is 4.90 Å². The van der Waals surface area contributed by atoms with E-state index in [-0.39, 0.29) is 11.2 Å². The summed E-state index contributed by atoms with van der Waals surface area (Å²) in [6.45, 7) is -0.838. The number of carbonyl (C=O) groups excluding carboxylic acids is 1. The fourth-order valence-electron chi connectivity index (χ4n) is 0.773. The number of amides is 1. The molecule has 0 spiro atoms. The Hall–Kier alpha value is -0.190. The SMILES string of the molecule is O=C(CBr)N1CC(F)(F)C1. The third-order valence-electron chi connectivity index (χ3n) is 1.31. The number of alkyl halides is 3. The molecule has 1 amide bonds. The molecule has 0 N–H and O–H groups in total. The predicted octanol–water partition coefficient (Wildman–Crippen LogP) is 0.859. The van der Waals surface area contributed by atoms with Crippen LogP contribution in [0.5, 0.6) is 0 Å². The first-order valence-electron chi connectivity index (χ1n) is 2.77. The van der Waals surface area contributed by atoms with Crippen molar-refractivity contribution in [3.05, 3.63) is 0 Å². The summed E-state index contributed by atoms with van der Waals surface area (Å²) in [4.78, 5) is 11.7. The second kappa shape index (κ2) is 2.45. The third-order valence-corrected chi connectivity index (χ3v) is 1.79. The lowest BCUT2D eigenvalue weighted by Crippen LogP contribution is -2.58. The van der Waals surface area contributed by atoms with Crippen molar-refractivity contribution in [2.24, 2.45) is 0 Å². The maximum atomic E-state index is 12.1. The Morgan fingerprint density at radius 1 is 1.60 bits per heavy atom. The molecule has 0 unspecified atom stereocenters. The number of hydrogen-bond acceptors (Lipinski definition) is 1. The maximum Gasteiger partial charge on any atom is 0.282 e. The van der Waals surface area contributed by atoms with E-state index in [1.165, 1.54) is 0 Å². The van der Waals surface area contributed by atoms with Gasteiger partial charge >= 0.3 is 0 Å². The molecule has 5 heteroatoms. The predicted molar refractivity (Wildman–Crippen MR) is 35.3 cm³/mol. The number of likely N-dealkylation sites (tertiary alicyclic amines) is 1. The van der Waals surface area contributed by atoms with E-state index in [4.69, 9.17) is 0 Å². The third kappa shape index (κ3) is 1.45. The summed E-state index contributed by atoms with van der Waals surface area (Å²) in [5, 5.41) is 0.128. The summed E-state index contributed by atoms with van der Waals surface area (Å²) in [6, 6.07) is 0. The second-order valence-electron chi connectivity index (χ2n) is 2.24. The molecular formula is C5H6BrF2NO. The highest BCUT2D eigenvalue weighted by atomic mass is 79.9. The van der Waals surface area contributed by atoms with Crippen molar-refractivity contribution in [2.45, 2.75) is 5.92 Å². The van der Waals surface area contributed by atoms with Crippen LogP contribution in [0, 0.1) is 0 Å². The summed E-state index contributed by atoms with van der Waals surface area (Å²) >= 11 is 2.89. The molecular weight excluding hydrogens is 208 g/mol. The van der Waals surface area contributed by atoms with Gasteiger partial charge in [0, 0.05) is 0 Å². The molecule has 0 saturated carbocycles. The topological polar surface area (TPSA) is 20.3 Å². The van der Waals surface area contributed by atoms with Crippen molar-refractivity contribution in [1.82, 2.24) is 4.90 Å². The fourth-order valence-corrected chi connectivity index (χ4v) is 1.13. The highest BCUT2D eigenvalue weighted by Crippen LogP contribution is 2.26. The van der Waals surface area contributed by atoms with Crippen molar-refractivity contribution in [1.29, 1.82) is 0 Å². The summed E-state index contributed by atoms with van der Waals surface area (Å²) in [7, 11) is 0. The van der Waals surface area contributed by atoms with Gasteiger partial charge in [-0.2, -0.15) is 0 Å². The van der Waals surface area contributed by atoms with Crippen molar-refractivity contribution < 1.29 is 13.6 Å². The minimum absolute atomic E-state index is 0.128. The molecule has 58 valence electrons. The highest BCUT2D eigenvalue weighted by Gasteiger charge is 2.45. The molecule has 0 aromatic carbocycles. The number of hydrogen-bond donors (Lipinski definition) is 0. The van der Waals surface area contributed by atoms with Gasteiger partial charge in [0.1, 0.15) is 0 Å². The van der Waals surface area contributed by atoms with E-state index < -0.39 is 19.0 Å². The van der Waals surface area contributed by atoms with Crippen LogP contribution in [0.2, 0.25) is 0 Å². The lowest BCUT2D eigenvalue weighted by molar-refractivity contribution is -0.162. The van der Waals surface area contributed by atoms with Gasteiger partial charge in [-0.05, 0) is 0 Å². The normalized spacial score (nSPS) is 22.1. The Balaban J connectivity index is 2.33. The Bertz CT molecular complexity index is 154. The standard InChI is InChI=1S/C5H6BrF2NO/c6-1-4(10)9-2-5(7,8)3-9/h1-3H2. The van der Waals surface area contributed by atoms with Crippen LogP contribution >= 0.6 is 15.9 Å². The Labute approximate surface area is 65.3 Å². The molecule has 0 atom stereocenters. The molecule has 1 rings (SSSR count). The van der Waals surface area contributed by atoms with Crippen LogP contribution in [0.3, 0.4) is 0 Å². The minimum Gasteiger partial charge on any atom is -0.330 e.